The quantitative estimate of drug-likeness (QED) is 0.382. The van der Waals surface area contributed by atoms with Crippen LogP contribution in [0.25, 0.3) is 61.2 Å². The molecule has 5 aromatic carbocycles. The van der Waals surface area contributed by atoms with Crippen molar-refractivity contribution in [2.75, 3.05) is 0 Å². The minimum Gasteiger partial charge on any atom is -0.316 e. The van der Waals surface area contributed by atoms with Gasteiger partial charge in [0, 0.05) is 50.1 Å². The molecule has 0 saturated heterocycles. The van der Waals surface area contributed by atoms with E-state index in [9.17, 15) is 0 Å². The maximum absolute atomic E-state index is 3.45. The number of hydrogen-bond donors (Lipinski definition) is 2. The highest BCUT2D eigenvalue weighted by Crippen LogP contribution is 2.42. The van der Waals surface area contributed by atoms with Crippen molar-refractivity contribution in [2.45, 2.75) is 0 Å². The third-order valence-corrected chi connectivity index (χ3v) is 7.12. The standard InChI is InChI=1S/C30H20N4/c1-2-9-22(10-3-1)33-16-15-20-17-26-28-24(29(20)33)14-13-19-8-6-12-25(27(19)28)34(26)30-23-11-5-4-7-21(23)18-31-32-30/h1-18,31-32H. The molecular formula is C30H20N4. The van der Waals surface area contributed by atoms with Gasteiger partial charge in [-0.3, -0.25) is 9.99 Å². The van der Waals surface area contributed by atoms with Gasteiger partial charge in [0.1, 0.15) is 5.82 Å². The largest absolute Gasteiger partial charge is 0.316 e. The van der Waals surface area contributed by atoms with Crippen molar-refractivity contribution >= 4 is 55.5 Å². The fourth-order valence-electron chi connectivity index (χ4n) is 5.69. The number of hydrogen-bond acceptors (Lipinski definition) is 2. The van der Waals surface area contributed by atoms with E-state index in [4.69, 9.17) is 0 Å². The van der Waals surface area contributed by atoms with E-state index < -0.39 is 0 Å². The number of benzene rings is 5. The van der Waals surface area contributed by atoms with Gasteiger partial charge in [-0.2, -0.15) is 0 Å². The Kier molecular flexibility index (Phi) is 3.36. The Hall–Kier alpha value is -4.70. The molecule has 0 bridgehead atoms. The Labute approximate surface area is 195 Å². The molecule has 2 N–H and O–H groups in total. The van der Waals surface area contributed by atoms with Gasteiger partial charge >= 0.3 is 0 Å². The lowest BCUT2D eigenvalue weighted by Gasteiger charge is -2.18. The molecule has 0 aliphatic carbocycles. The molecule has 0 unspecified atom stereocenters. The van der Waals surface area contributed by atoms with Crippen molar-refractivity contribution in [3.63, 3.8) is 0 Å². The third-order valence-electron chi connectivity index (χ3n) is 7.12. The fourth-order valence-corrected chi connectivity index (χ4v) is 5.69. The van der Waals surface area contributed by atoms with Crippen molar-refractivity contribution in [2.24, 2.45) is 0 Å². The van der Waals surface area contributed by atoms with Crippen LogP contribution in [0.2, 0.25) is 0 Å². The first kappa shape index (κ1) is 17.8. The van der Waals surface area contributed by atoms with E-state index in [1.807, 2.05) is 6.20 Å². The summed E-state index contributed by atoms with van der Waals surface area (Å²) in [4.78, 5) is 0. The maximum Gasteiger partial charge on any atom is 0.137 e. The topological polar surface area (TPSA) is 33.9 Å². The fraction of sp³-hybridized carbons (Fsp3) is 0. The highest BCUT2D eigenvalue weighted by atomic mass is 15.4. The highest BCUT2D eigenvalue weighted by molar-refractivity contribution is 6.29. The molecule has 0 radical (unpaired) electrons. The van der Waals surface area contributed by atoms with E-state index in [0.29, 0.717) is 0 Å². The molecule has 0 saturated carbocycles. The molecule has 0 fully saturated rings. The molecule has 1 aliphatic rings. The van der Waals surface area contributed by atoms with Crippen LogP contribution in [0.5, 0.6) is 0 Å². The molecule has 1 aliphatic heterocycles. The number of fused-ring (bicyclic) bond motifs is 3. The summed E-state index contributed by atoms with van der Waals surface area (Å²) in [5.41, 5.74) is 11.5. The first-order valence-electron chi connectivity index (χ1n) is 11.5. The summed E-state index contributed by atoms with van der Waals surface area (Å²) >= 11 is 0. The van der Waals surface area contributed by atoms with Crippen LogP contribution in [-0.2, 0) is 0 Å². The highest BCUT2D eigenvalue weighted by Gasteiger charge is 2.21. The van der Waals surface area contributed by atoms with Gasteiger partial charge in [0.05, 0.1) is 16.6 Å². The van der Waals surface area contributed by atoms with E-state index in [1.165, 1.54) is 59.6 Å². The predicted molar refractivity (Wildman–Crippen MR) is 140 cm³/mol. The van der Waals surface area contributed by atoms with E-state index in [0.717, 1.165) is 5.82 Å². The molecule has 4 nitrogen and oxygen atoms in total. The first-order chi connectivity index (χ1) is 16.9. The van der Waals surface area contributed by atoms with E-state index in [1.54, 1.807) is 0 Å². The molecule has 4 heteroatoms. The summed E-state index contributed by atoms with van der Waals surface area (Å²) in [6.07, 6.45) is 4.20. The Morgan fingerprint density at radius 1 is 0.647 bits per heavy atom. The van der Waals surface area contributed by atoms with Gasteiger partial charge in [0.25, 0.3) is 0 Å². The summed E-state index contributed by atoms with van der Waals surface area (Å²) in [5, 5.41) is 8.72. The average Bonchev–Trinajstić information content (AvgIpc) is 3.47. The number of hydrazine groups is 1. The summed E-state index contributed by atoms with van der Waals surface area (Å²) in [7, 11) is 0. The molecular weight excluding hydrogens is 416 g/mol. The van der Waals surface area contributed by atoms with Crippen LogP contribution >= 0.6 is 0 Å². The summed E-state index contributed by atoms with van der Waals surface area (Å²) in [6, 6.07) is 34.8. The summed E-state index contributed by atoms with van der Waals surface area (Å²) in [6.45, 7) is 0. The lowest BCUT2D eigenvalue weighted by atomic mass is 10.0. The smallest absolute Gasteiger partial charge is 0.137 e. The third kappa shape index (κ3) is 2.22. The maximum atomic E-state index is 3.45. The van der Waals surface area contributed by atoms with Crippen molar-refractivity contribution in [1.29, 1.82) is 0 Å². The number of aromatic nitrogens is 2. The van der Waals surface area contributed by atoms with E-state index >= 15 is 0 Å². The van der Waals surface area contributed by atoms with Crippen LogP contribution in [0.15, 0.2) is 103 Å². The average molecular weight is 437 g/mol. The summed E-state index contributed by atoms with van der Waals surface area (Å²) < 4.78 is 4.69. The van der Waals surface area contributed by atoms with Crippen LogP contribution in [0.3, 0.4) is 0 Å². The number of nitrogens with one attached hydrogen (secondary N) is 2. The Bertz CT molecular complexity index is 2010. The minimum atomic E-state index is 1.05. The van der Waals surface area contributed by atoms with Gasteiger partial charge in [-0.1, -0.05) is 66.7 Å². The second kappa shape index (κ2) is 6.42. The number of nitrogens with zero attached hydrogens (tertiary/aromatic N) is 2. The van der Waals surface area contributed by atoms with Crippen LogP contribution in [0.4, 0.5) is 0 Å². The predicted octanol–water partition coefficient (Wildman–Crippen LogP) is 4.79. The number of para-hydroxylation sites is 1. The van der Waals surface area contributed by atoms with Gasteiger partial charge in [-0.15, -0.1) is 0 Å². The normalized spacial score (nSPS) is 13.4. The van der Waals surface area contributed by atoms with Crippen molar-refractivity contribution < 1.29 is 0 Å². The lowest BCUT2D eigenvalue weighted by molar-refractivity contribution is 0.777. The molecule has 2 aromatic heterocycles. The molecule has 3 heterocycles. The minimum absolute atomic E-state index is 1.05. The summed E-state index contributed by atoms with van der Waals surface area (Å²) in [5.74, 6) is 1.05. The van der Waals surface area contributed by atoms with Crippen molar-refractivity contribution in [3.05, 3.63) is 114 Å². The molecule has 0 spiro atoms. The second-order valence-corrected chi connectivity index (χ2v) is 8.90. The van der Waals surface area contributed by atoms with Crippen LogP contribution in [0.1, 0.15) is 0 Å². The number of rotatable bonds is 2. The van der Waals surface area contributed by atoms with Gasteiger partial charge in [-0.05, 0) is 35.7 Å². The van der Waals surface area contributed by atoms with E-state index in [2.05, 4.69) is 123 Å². The zero-order chi connectivity index (χ0) is 22.2. The van der Waals surface area contributed by atoms with Crippen molar-refractivity contribution in [1.82, 2.24) is 20.0 Å². The Morgan fingerprint density at radius 2 is 1.53 bits per heavy atom. The van der Waals surface area contributed by atoms with Gasteiger partial charge < -0.3 is 9.99 Å². The molecule has 8 rings (SSSR count). The lowest BCUT2D eigenvalue weighted by Crippen LogP contribution is -2.45. The van der Waals surface area contributed by atoms with Gasteiger partial charge in [0.2, 0.25) is 0 Å². The van der Waals surface area contributed by atoms with Crippen LogP contribution in [0, 0.1) is 0 Å². The molecule has 7 aromatic rings. The molecule has 34 heavy (non-hydrogen) atoms. The molecule has 0 amide bonds. The first-order valence-corrected chi connectivity index (χ1v) is 11.5. The SMILES string of the molecule is C1=c2ccccc2=C(n2c3cccc4ccc5c(c43)c2cc2ccn(-c3ccccc3)c25)NN1. The molecule has 0 atom stereocenters. The van der Waals surface area contributed by atoms with Crippen molar-refractivity contribution in [3.8, 4) is 5.69 Å². The Morgan fingerprint density at radius 3 is 2.47 bits per heavy atom. The zero-order valence-electron chi connectivity index (χ0n) is 18.3. The van der Waals surface area contributed by atoms with E-state index in [-0.39, 0.29) is 0 Å². The van der Waals surface area contributed by atoms with Crippen LogP contribution in [-0.4, -0.2) is 9.13 Å². The zero-order valence-corrected chi connectivity index (χ0v) is 18.3. The van der Waals surface area contributed by atoms with Crippen LogP contribution < -0.4 is 21.3 Å². The molecule has 160 valence electrons. The monoisotopic (exact) mass is 436 g/mol. The second-order valence-electron chi connectivity index (χ2n) is 8.90. The Balaban J connectivity index is 1.60. The van der Waals surface area contributed by atoms with Gasteiger partial charge in [-0.25, -0.2) is 0 Å². The van der Waals surface area contributed by atoms with Gasteiger partial charge in [0.15, 0.2) is 0 Å².